The molecule has 176 valence electrons. The van der Waals surface area contributed by atoms with Crippen LogP contribution in [0.4, 0.5) is 24.7 Å². The maximum Gasteiger partial charge on any atom is 0.493 e. The number of fused-ring (bicyclic) bond motifs is 1. The lowest BCUT2D eigenvalue weighted by Crippen LogP contribution is -2.61. The number of piperazine rings is 1. The number of hydroxylamine groups is 1. The first-order chi connectivity index (χ1) is 14.9. The molecule has 1 atom stereocenters. The van der Waals surface area contributed by atoms with Crippen LogP contribution in [0.3, 0.4) is 0 Å². The summed E-state index contributed by atoms with van der Waals surface area (Å²) < 4.78 is 38.9. The minimum atomic E-state index is -5.21. The molecule has 0 radical (unpaired) electrons. The van der Waals surface area contributed by atoms with Gasteiger partial charge in [-0.2, -0.15) is 13.2 Å². The number of rotatable bonds is 4. The van der Waals surface area contributed by atoms with E-state index in [-0.39, 0.29) is 28.0 Å². The third-order valence-electron chi connectivity index (χ3n) is 4.56. The van der Waals surface area contributed by atoms with Gasteiger partial charge in [0, 0.05) is 30.9 Å². The van der Waals surface area contributed by atoms with E-state index in [2.05, 4.69) is 27.1 Å². The van der Waals surface area contributed by atoms with E-state index in [1.807, 2.05) is 25.7 Å². The molecule has 0 aromatic carbocycles. The Kier molecular flexibility index (Phi) is 6.97. The monoisotopic (exact) mass is 474 g/mol. The molecule has 0 bridgehead atoms. The SMILES string of the molecule is CC#CCN1c2c(nc(SC(C)(C)C)[nH]c2=O)N(OC(=O)C(F)(F)F)C1N1CCNCC1. The zero-order valence-electron chi connectivity index (χ0n) is 18.2. The number of nitrogens with one attached hydrogen (secondary N) is 2. The Morgan fingerprint density at radius 2 is 1.94 bits per heavy atom. The van der Waals surface area contributed by atoms with E-state index in [0.717, 1.165) is 5.06 Å². The van der Waals surface area contributed by atoms with E-state index in [9.17, 15) is 22.8 Å². The lowest BCUT2D eigenvalue weighted by Gasteiger charge is -2.40. The van der Waals surface area contributed by atoms with Crippen molar-refractivity contribution in [2.75, 3.05) is 42.7 Å². The molecule has 1 unspecified atom stereocenters. The number of aromatic nitrogens is 2. The summed E-state index contributed by atoms with van der Waals surface area (Å²) in [5.41, 5.74) is -0.546. The normalized spacial score (nSPS) is 19.4. The summed E-state index contributed by atoms with van der Waals surface area (Å²) >= 11 is 1.24. The highest BCUT2D eigenvalue weighted by Gasteiger charge is 2.50. The van der Waals surface area contributed by atoms with Gasteiger partial charge in [-0.15, -0.1) is 11.0 Å². The number of carbonyl (C=O) groups is 1. The lowest BCUT2D eigenvalue weighted by atomic mass is 10.3. The molecule has 2 aliphatic rings. The predicted molar refractivity (Wildman–Crippen MR) is 114 cm³/mol. The van der Waals surface area contributed by atoms with Crippen molar-refractivity contribution >= 4 is 29.2 Å². The summed E-state index contributed by atoms with van der Waals surface area (Å²) in [4.78, 5) is 40.0. The second-order valence-electron chi connectivity index (χ2n) is 8.15. The number of thioether (sulfide) groups is 1. The van der Waals surface area contributed by atoms with Crippen molar-refractivity contribution in [3.8, 4) is 11.8 Å². The topological polar surface area (TPSA) is 93.8 Å². The average Bonchev–Trinajstić information content (AvgIpc) is 2.98. The fourth-order valence-electron chi connectivity index (χ4n) is 3.35. The molecular weight excluding hydrogens is 449 g/mol. The van der Waals surface area contributed by atoms with Crippen LogP contribution >= 0.6 is 11.8 Å². The zero-order chi connectivity index (χ0) is 23.7. The van der Waals surface area contributed by atoms with Crippen LogP contribution in [0.5, 0.6) is 0 Å². The number of nitrogens with zero attached hydrogens (tertiary/aromatic N) is 4. The van der Waals surface area contributed by atoms with Crippen LogP contribution in [-0.4, -0.2) is 70.8 Å². The van der Waals surface area contributed by atoms with Gasteiger partial charge in [-0.1, -0.05) is 38.5 Å². The Labute approximate surface area is 187 Å². The summed E-state index contributed by atoms with van der Waals surface area (Å²) in [6.45, 7) is 9.42. The Morgan fingerprint density at radius 3 is 2.50 bits per heavy atom. The number of anilines is 2. The molecule has 1 aromatic heterocycles. The molecule has 0 amide bonds. The second-order valence-corrected chi connectivity index (χ2v) is 9.96. The number of aromatic amines is 1. The summed E-state index contributed by atoms with van der Waals surface area (Å²) in [5, 5.41) is 4.16. The van der Waals surface area contributed by atoms with Crippen LogP contribution in [0.15, 0.2) is 9.95 Å². The fourth-order valence-corrected chi connectivity index (χ4v) is 4.21. The maximum absolute atomic E-state index is 13.1. The molecule has 1 aromatic rings. The molecule has 0 saturated carbocycles. The number of carbonyl (C=O) groups excluding carboxylic acids is 1. The van der Waals surface area contributed by atoms with Crippen LogP contribution < -0.4 is 20.8 Å². The second kappa shape index (κ2) is 9.21. The standard InChI is InChI=1S/C19H25F3N6O3S/c1-5-6-9-27-12-13(24-16(25-14(12)29)32-18(2,3)4)28(31-15(30)19(20,21)22)17(27)26-10-7-23-8-11-26/h17,23H,7-11H2,1-4H3,(H,24,25,29). The molecule has 13 heteroatoms. The van der Waals surface area contributed by atoms with Crippen LogP contribution in [0, 0.1) is 11.8 Å². The van der Waals surface area contributed by atoms with Crippen molar-refractivity contribution in [3.63, 3.8) is 0 Å². The Hall–Kier alpha value is -2.43. The minimum absolute atomic E-state index is 0.00418. The van der Waals surface area contributed by atoms with Gasteiger partial charge >= 0.3 is 12.1 Å². The van der Waals surface area contributed by atoms with E-state index in [1.165, 1.54) is 16.7 Å². The Morgan fingerprint density at radius 1 is 1.28 bits per heavy atom. The molecule has 3 heterocycles. The zero-order valence-corrected chi connectivity index (χ0v) is 19.0. The molecular formula is C19H25F3N6O3S. The summed E-state index contributed by atoms with van der Waals surface area (Å²) in [7, 11) is 0. The quantitative estimate of drug-likeness (QED) is 0.383. The van der Waals surface area contributed by atoms with Gasteiger partial charge in [0.15, 0.2) is 23.0 Å². The van der Waals surface area contributed by atoms with E-state index in [0.29, 0.717) is 26.2 Å². The van der Waals surface area contributed by atoms with Gasteiger partial charge in [0.25, 0.3) is 5.56 Å². The van der Waals surface area contributed by atoms with Gasteiger partial charge in [0.2, 0.25) is 0 Å². The number of hydrogen-bond donors (Lipinski definition) is 2. The molecule has 2 aliphatic heterocycles. The van der Waals surface area contributed by atoms with Crippen molar-refractivity contribution in [1.29, 1.82) is 0 Å². The van der Waals surface area contributed by atoms with Crippen LogP contribution in [-0.2, 0) is 9.63 Å². The number of hydrogen-bond acceptors (Lipinski definition) is 9. The minimum Gasteiger partial charge on any atom is -0.327 e. The molecule has 0 spiro atoms. The van der Waals surface area contributed by atoms with E-state index < -0.39 is 24.0 Å². The van der Waals surface area contributed by atoms with Gasteiger partial charge in [0.05, 0.1) is 6.54 Å². The van der Waals surface area contributed by atoms with Crippen LogP contribution in [0.25, 0.3) is 0 Å². The first kappa shape index (κ1) is 24.2. The van der Waals surface area contributed by atoms with Crippen LogP contribution in [0.1, 0.15) is 27.7 Å². The largest absolute Gasteiger partial charge is 0.493 e. The maximum atomic E-state index is 13.1. The van der Waals surface area contributed by atoms with Gasteiger partial charge in [-0.3, -0.25) is 14.7 Å². The van der Waals surface area contributed by atoms with Gasteiger partial charge in [-0.25, -0.2) is 9.78 Å². The van der Waals surface area contributed by atoms with E-state index in [4.69, 9.17) is 4.84 Å². The van der Waals surface area contributed by atoms with Gasteiger partial charge < -0.3 is 15.1 Å². The Balaban J connectivity index is 2.13. The van der Waals surface area contributed by atoms with E-state index >= 15 is 0 Å². The third kappa shape index (κ3) is 5.31. The molecule has 32 heavy (non-hydrogen) atoms. The van der Waals surface area contributed by atoms with Gasteiger partial charge in [0.1, 0.15) is 0 Å². The van der Waals surface area contributed by atoms with Crippen LogP contribution in [0.2, 0.25) is 0 Å². The summed E-state index contributed by atoms with van der Waals surface area (Å²) in [6, 6.07) is 0. The molecule has 2 N–H and O–H groups in total. The molecule has 1 fully saturated rings. The highest BCUT2D eigenvalue weighted by Crippen LogP contribution is 2.39. The fraction of sp³-hybridized carbons (Fsp3) is 0.632. The first-order valence-electron chi connectivity index (χ1n) is 9.95. The van der Waals surface area contributed by atoms with Gasteiger partial charge in [-0.05, 0) is 6.92 Å². The van der Waals surface area contributed by atoms with Crippen molar-refractivity contribution in [1.82, 2.24) is 20.2 Å². The number of halogens is 3. The molecule has 9 nitrogen and oxygen atoms in total. The third-order valence-corrected chi connectivity index (χ3v) is 5.56. The predicted octanol–water partition coefficient (Wildman–Crippen LogP) is 1.52. The van der Waals surface area contributed by atoms with Crippen molar-refractivity contribution in [3.05, 3.63) is 10.4 Å². The highest BCUT2D eigenvalue weighted by molar-refractivity contribution is 8.00. The average molecular weight is 475 g/mol. The molecule has 0 aliphatic carbocycles. The number of alkyl halides is 3. The number of H-pyrrole nitrogens is 1. The lowest BCUT2D eigenvalue weighted by molar-refractivity contribution is -0.203. The Bertz CT molecular complexity index is 976. The molecule has 1 saturated heterocycles. The summed E-state index contributed by atoms with van der Waals surface area (Å²) in [6.07, 6.45) is -6.21. The van der Waals surface area contributed by atoms with E-state index in [1.54, 1.807) is 6.92 Å². The van der Waals surface area contributed by atoms with Crippen molar-refractivity contribution in [2.24, 2.45) is 0 Å². The highest BCUT2D eigenvalue weighted by atomic mass is 32.2. The summed E-state index contributed by atoms with van der Waals surface area (Å²) in [5.74, 6) is 3.03. The molecule has 3 rings (SSSR count). The smallest absolute Gasteiger partial charge is 0.327 e. The van der Waals surface area contributed by atoms with Crippen molar-refractivity contribution in [2.45, 2.75) is 50.1 Å². The van der Waals surface area contributed by atoms with Crippen molar-refractivity contribution < 1.29 is 22.8 Å². The first-order valence-corrected chi connectivity index (χ1v) is 10.8.